The number of anilines is 1. The normalized spacial score (nSPS) is 11.1. The van der Waals surface area contributed by atoms with E-state index in [1.165, 1.54) is 0 Å². The summed E-state index contributed by atoms with van der Waals surface area (Å²) in [4.78, 5) is 18.1. The molecule has 0 aliphatic heterocycles. The highest BCUT2D eigenvalue weighted by Gasteiger charge is 2.10. The lowest BCUT2D eigenvalue weighted by Gasteiger charge is -2.16. The van der Waals surface area contributed by atoms with Crippen LogP contribution in [0, 0.1) is 0 Å². The number of rotatable bonds is 4. The first kappa shape index (κ1) is 20.4. The Morgan fingerprint density at radius 2 is 1.95 bits per heavy atom. The maximum atomic E-state index is 11.6. The first-order valence-electron chi connectivity index (χ1n) is 6.58. The number of carbonyl (C=O) groups is 1. The number of carbonyl (C=O) groups excluding carboxylic acids is 1. The van der Waals surface area contributed by atoms with Crippen molar-refractivity contribution in [2.45, 2.75) is 19.5 Å². The van der Waals surface area contributed by atoms with Gasteiger partial charge in [-0.3, -0.25) is 4.79 Å². The molecule has 0 unspecified atom stereocenters. The summed E-state index contributed by atoms with van der Waals surface area (Å²) >= 11 is 0. The Kier molecular flexibility index (Phi) is 8.16. The maximum Gasteiger partial charge on any atom is 0.236 e. The summed E-state index contributed by atoms with van der Waals surface area (Å²) in [6, 6.07) is 9.39. The monoisotopic (exact) mass is 344 g/mol. The van der Waals surface area contributed by atoms with Crippen molar-refractivity contribution in [1.82, 2.24) is 10.3 Å². The SMILES string of the molecule is C[C@@H](N)C(=O)NCc1cc(N(C)C)nc2ccccc12.Cl.Cl. The van der Waals surface area contributed by atoms with Crippen LogP contribution >= 0.6 is 24.8 Å². The highest BCUT2D eigenvalue weighted by atomic mass is 35.5. The molecule has 1 atom stereocenters. The van der Waals surface area contributed by atoms with E-state index < -0.39 is 6.04 Å². The van der Waals surface area contributed by atoms with E-state index in [1.807, 2.05) is 49.3 Å². The number of hydrogen-bond donors (Lipinski definition) is 2. The Morgan fingerprint density at radius 1 is 1.32 bits per heavy atom. The van der Waals surface area contributed by atoms with Crippen LogP contribution in [0.15, 0.2) is 30.3 Å². The molecule has 0 saturated carbocycles. The number of amides is 1. The van der Waals surface area contributed by atoms with Gasteiger partial charge >= 0.3 is 0 Å². The van der Waals surface area contributed by atoms with Gasteiger partial charge in [0.25, 0.3) is 0 Å². The van der Waals surface area contributed by atoms with Crippen molar-refractivity contribution in [3.05, 3.63) is 35.9 Å². The molecule has 3 N–H and O–H groups in total. The number of hydrogen-bond acceptors (Lipinski definition) is 4. The zero-order valence-corrected chi connectivity index (χ0v) is 14.5. The van der Waals surface area contributed by atoms with E-state index in [9.17, 15) is 4.79 Å². The van der Waals surface area contributed by atoms with Gasteiger partial charge in [0, 0.05) is 26.0 Å². The van der Waals surface area contributed by atoms with Gasteiger partial charge in [-0.15, -0.1) is 24.8 Å². The minimum atomic E-state index is -0.503. The third-order valence-electron chi connectivity index (χ3n) is 3.11. The van der Waals surface area contributed by atoms with Crippen molar-refractivity contribution < 1.29 is 4.79 Å². The Balaban J connectivity index is 0.00000220. The fraction of sp³-hybridized carbons (Fsp3) is 0.333. The first-order chi connectivity index (χ1) is 9.49. The van der Waals surface area contributed by atoms with Crippen LogP contribution in [0.3, 0.4) is 0 Å². The Morgan fingerprint density at radius 3 is 2.55 bits per heavy atom. The fourth-order valence-electron chi connectivity index (χ4n) is 1.95. The van der Waals surface area contributed by atoms with Gasteiger partial charge in [0.15, 0.2) is 0 Å². The molecule has 0 radical (unpaired) electrons. The molecule has 1 aromatic heterocycles. The van der Waals surface area contributed by atoms with Crippen LogP contribution in [-0.2, 0) is 11.3 Å². The van der Waals surface area contributed by atoms with Crippen LogP contribution < -0.4 is 16.0 Å². The minimum absolute atomic E-state index is 0. The van der Waals surface area contributed by atoms with E-state index >= 15 is 0 Å². The predicted molar refractivity (Wildman–Crippen MR) is 96.1 cm³/mol. The lowest BCUT2D eigenvalue weighted by atomic mass is 10.1. The molecule has 122 valence electrons. The van der Waals surface area contributed by atoms with Crippen LogP contribution in [0.5, 0.6) is 0 Å². The number of para-hydroxylation sites is 1. The number of nitrogens with one attached hydrogen (secondary N) is 1. The third-order valence-corrected chi connectivity index (χ3v) is 3.11. The van der Waals surface area contributed by atoms with Crippen molar-refractivity contribution >= 4 is 47.4 Å². The predicted octanol–water partition coefficient (Wildman–Crippen LogP) is 2.11. The van der Waals surface area contributed by atoms with Crippen LogP contribution in [0.2, 0.25) is 0 Å². The molecule has 1 amide bonds. The quantitative estimate of drug-likeness (QED) is 0.890. The smallest absolute Gasteiger partial charge is 0.236 e. The molecule has 0 bridgehead atoms. The number of nitrogens with zero attached hydrogens (tertiary/aromatic N) is 2. The first-order valence-corrected chi connectivity index (χ1v) is 6.58. The van der Waals surface area contributed by atoms with Gasteiger partial charge in [-0.1, -0.05) is 18.2 Å². The zero-order chi connectivity index (χ0) is 14.7. The van der Waals surface area contributed by atoms with Gasteiger partial charge in [0.05, 0.1) is 11.6 Å². The van der Waals surface area contributed by atoms with Gasteiger partial charge < -0.3 is 16.0 Å². The van der Waals surface area contributed by atoms with Gasteiger partial charge in [0.2, 0.25) is 5.91 Å². The van der Waals surface area contributed by atoms with Crippen LogP contribution in [0.25, 0.3) is 10.9 Å². The molecule has 0 fully saturated rings. The summed E-state index contributed by atoms with van der Waals surface area (Å²) in [7, 11) is 3.89. The molecule has 2 rings (SSSR count). The molecular weight excluding hydrogens is 323 g/mol. The maximum absolute atomic E-state index is 11.6. The van der Waals surface area contributed by atoms with E-state index in [2.05, 4.69) is 10.3 Å². The van der Waals surface area contributed by atoms with Crippen LogP contribution in [-0.4, -0.2) is 31.0 Å². The summed E-state index contributed by atoms with van der Waals surface area (Å²) in [6.07, 6.45) is 0. The number of fused-ring (bicyclic) bond motifs is 1. The van der Waals surface area contributed by atoms with Gasteiger partial charge in [-0.25, -0.2) is 4.98 Å². The molecule has 1 aromatic carbocycles. The molecule has 2 aromatic rings. The second-order valence-corrected chi connectivity index (χ2v) is 5.06. The molecule has 5 nitrogen and oxygen atoms in total. The Labute approximate surface area is 143 Å². The van der Waals surface area contributed by atoms with E-state index in [1.54, 1.807) is 6.92 Å². The van der Waals surface area contributed by atoms with Crippen molar-refractivity contribution in [3.8, 4) is 0 Å². The molecule has 1 heterocycles. The summed E-state index contributed by atoms with van der Waals surface area (Å²) in [6.45, 7) is 2.12. The zero-order valence-electron chi connectivity index (χ0n) is 12.9. The number of nitrogens with two attached hydrogens (primary N) is 1. The summed E-state index contributed by atoms with van der Waals surface area (Å²) in [5.41, 5.74) is 7.51. The van der Waals surface area contributed by atoms with Gasteiger partial charge in [-0.05, 0) is 24.6 Å². The molecule has 7 heteroatoms. The fourth-order valence-corrected chi connectivity index (χ4v) is 1.95. The van der Waals surface area contributed by atoms with Gasteiger partial charge in [0.1, 0.15) is 5.82 Å². The third kappa shape index (κ3) is 4.73. The summed E-state index contributed by atoms with van der Waals surface area (Å²) < 4.78 is 0. The molecule has 0 aliphatic carbocycles. The molecule has 0 saturated heterocycles. The molecular formula is C15H22Cl2N4O. The second kappa shape index (κ2) is 8.78. The Bertz CT molecular complexity index is 632. The van der Waals surface area contributed by atoms with E-state index in [0.29, 0.717) is 6.54 Å². The molecule has 22 heavy (non-hydrogen) atoms. The molecule has 0 spiro atoms. The van der Waals surface area contributed by atoms with Crippen molar-refractivity contribution in [3.63, 3.8) is 0 Å². The van der Waals surface area contributed by atoms with Crippen LogP contribution in [0.4, 0.5) is 5.82 Å². The average Bonchev–Trinajstić information content (AvgIpc) is 2.43. The topological polar surface area (TPSA) is 71.2 Å². The lowest BCUT2D eigenvalue weighted by Crippen LogP contribution is -2.37. The minimum Gasteiger partial charge on any atom is -0.363 e. The van der Waals surface area contributed by atoms with Gasteiger partial charge in [-0.2, -0.15) is 0 Å². The van der Waals surface area contributed by atoms with Crippen molar-refractivity contribution in [2.24, 2.45) is 5.73 Å². The number of pyridine rings is 1. The average molecular weight is 345 g/mol. The van der Waals surface area contributed by atoms with Crippen LogP contribution in [0.1, 0.15) is 12.5 Å². The van der Waals surface area contributed by atoms with E-state index in [0.717, 1.165) is 22.3 Å². The lowest BCUT2D eigenvalue weighted by molar-refractivity contribution is -0.122. The largest absolute Gasteiger partial charge is 0.363 e. The highest BCUT2D eigenvalue weighted by Crippen LogP contribution is 2.21. The molecule has 0 aliphatic rings. The highest BCUT2D eigenvalue weighted by molar-refractivity contribution is 5.86. The van der Waals surface area contributed by atoms with Crippen molar-refractivity contribution in [2.75, 3.05) is 19.0 Å². The Hall–Kier alpha value is -1.56. The number of benzene rings is 1. The van der Waals surface area contributed by atoms with E-state index in [4.69, 9.17) is 5.73 Å². The number of halogens is 2. The summed E-state index contributed by atoms with van der Waals surface area (Å²) in [5, 5.41) is 3.89. The second-order valence-electron chi connectivity index (χ2n) is 5.06. The summed E-state index contributed by atoms with van der Waals surface area (Å²) in [5.74, 6) is 0.714. The van der Waals surface area contributed by atoms with Crippen molar-refractivity contribution in [1.29, 1.82) is 0 Å². The standard InChI is InChI=1S/C15H20N4O.2ClH/c1-10(16)15(20)17-9-11-8-14(19(2)3)18-13-7-5-4-6-12(11)13;;/h4-8,10H,9,16H2,1-3H3,(H,17,20);2*1H/t10-;;/m1../s1. The number of aromatic nitrogens is 1. The van der Waals surface area contributed by atoms with E-state index in [-0.39, 0.29) is 30.7 Å².